The largest absolute Gasteiger partial charge is 0.507 e. The zero-order valence-electron chi connectivity index (χ0n) is 19.8. The maximum atomic E-state index is 13.4. The van der Waals surface area contributed by atoms with Gasteiger partial charge >= 0.3 is 5.91 Å². The van der Waals surface area contributed by atoms with E-state index in [9.17, 15) is 14.7 Å². The summed E-state index contributed by atoms with van der Waals surface area (Å²) >= 11 is 1.35. The lowest BCUT2D eigenvalue weighted by molar-refractivity contribution is -0.132. The number of Topliss-reactive ketones (excluding diaryl/α,β-unsaturated/α-hetero) is 1. The van der Waals surface area contributed by atoms with Crippen molar-refractivity contribution in [3.8, 4) is 5.75 Å². The van der Waals surface area contributed by atoms with Crippen LogP contribution in [0.2, 0.25) is 0 Å². The van der Waals surface area contributed by atoms with Gasteiger partial charge in [0, 0.05) is 5.56 Å². The molecule has 4 aromatic rings. The number of nitrogens with zero attached hydrogens (tertiary/aromatic N) is 2. The Balaban J connectivity index is 1.73. The number of ketones is 1. The number of carbonyl (C=O) groups is 2. The molecule has 5 rings (SSSR count). The van der Waals surface area contributed by atoms with Crippen LogP contribution in [0.5, 0.6) is 5.75 Å². The average Bonchev–Trinajstić information content (AvgIpc) is 3.38. The molecule has 1 aromatic heterocycles. The van der Waals surface area contributed by atoms with Crippen molar-refractivity contribution in [2.24, 2.45) is 0 Å². The molecule has 1 aliphatic heterocycles. The van der Waals surface area contributed by atoms with Gasteiger partial charge in [0.25, 0.3) is 5.78 Å². The van der Waals surface area contributed by atoms with Crippen molar-refractivity contribution in [1.82, 2.24) is 4.98 Å². The van der Waals surface area contributed by atoms with Gasteiger partial charge in [-0.1, -0.05) is 41.7 Å². The Morgan fingerprint density at radius 3 is 2.40 bits per heavy atom. The number of methoxy groups -OCH3 is 1. The van der Waals surface area contributed by atoms with Crippen molar-refractivity contribution in [3.05, 3.63) is 94.1 Å². The molecular weight excluding hydrogens is 460 g/mol. The monoisotopic (exact) mass is 484 g/mol. The molecule has 176 valence electrons. The quantitative estimate of drug-likeness (QED) is 0.223. The molecular formula is C28H24N2O4S. The Kier molecular flexibility index (Phi) is 5.65. The van der Waals surface area contributed by atoms with E-state index in [-0.39, 0.29) is 11.3 Å². The number of rotatable bonds is 4. The second-order valence-electron chi connectivity index (χ2n) is 8.71. The van der Waals surface area contributed by atoms with Crippen molar-refractivity contribution >= 4 is 44.1 Å². The topological polar surface area (TPSA) is 79.7 Å². The highest BCUT2D eigenvalue weighted by molar-refractivity contribution is 7.22. The highest BCUT2D eigenvalue weighted by atomic mass is 32.1. The molecule has 1 saturated heterocycles. The highest BCUT2D eigenvalue weighted by Crippen LogP contribution is 2.44. The van der Waals surface area contributed by atoms with Gasteiger partial charge in [-0.2, -0.15) is 0 Å². The lowest BCUT2D eigenvalue weighted by Gasteiger charge is -2.23. The van der Waals surface area contributed by atoms with E-state index in [1.165, 1.54) is 16.2 Å². The number of amides is 1. The Morgan fingerprint density at radius 2 is 1.71 bits per heavy atom. The summed E-state index contributed by atoms with van der Waals surface area (Å²) in [7, 11) is 1.57. The molecule has 1 amide bonds. The van der Waals surface area contributed by atoms with Crippen LogP contribution in [-0.2, 0) is 9.59 Å². The van der Waals surface area contributed by atoms with Gasteiger partial charge in [-0.25, -0.2) is 4.98 Å². The standard InChI is InChI=1S/C28H24N2O4S/c1-15-5-12-21-22(13-15)35-28(29-21)30-24(18-8-10-20(34-4)11-9-18)23(26(32)27(30)33)25(31)19-7-6-16(2)17(3)14-19/h5-14,24,31H,1-4H3/b25-23+. The SMILES string of the molecule is COc1ccc(C2/C(=C(\O)c3ccc(C)c(C)c3)C(=O)C(=O)N2c2nc3ccc(C)cc3s2)cc1. The molecule has 1 atom stereocenters. The van der Waals surface area contributed by atoms with E-state index >= 15 is 0 Å². The molecule has 6 nitrogen and oxygen atoms in total. The first-order valence-corrected chi connectivity index (χ1v) is 12.0. The van der Waals surface area contributed by atoms with Crippen LogP contribution in [-0.4, -0.2) is 28.9 Å². The number of carbonyl (C=O) groups excluding carboxylic acids is 2. The number of benzene rings is 3. The van der Waals surface area contributed by atoms with Crippen LogP contribution in [0, 0.1) is 20.8 Å². The first-order valence-electron chi connectivity index (χ1n) is 11.2. The minimum atomic E-state index is -0.829. The maximum Gasteiger partial charge on any atom is 0.301 e. The molecule has 2 heterocycles. The van der Waals surface area contributed by atoms with Gasteiger partial charge in [-0.3, -0.25) is 14.5 Å². The minimum Gasteiger partial charge on any atom is -0.507 e. The Labute approximate surface area is 207 Å². The summed E-state index contributed by atoms with van der Waals surface area (Å²) in [5.74, 6) is -1.01. The summed E-state index contributed by atoms with van der Waals surface area (Å²) in [6, 6.07) is 17.6. The summed E-state index contributed by atoms with van der Waals surface area (Å²) in [6.07, 6.45) is 0. The van der Waals surface area contributed by atoms with Crippen molar-refractivity contribution in [1.29, 1.82) is 0 Å². The summed E-state index contributed by atoms with van der Waals surface area (Å²) < 4.78 is 6.21. The molecule has 7 heteroatoms. The number of anilines is 1. The van der Waals surface area contributed by atoms with E-state index in [2.05, 4.69) is 4.98 Å². The van der Waals surface area contributed by atoms with Crippen molar-refractivity contribution in [2.75, 3.05) is 12.0 Å². The Morgan fingerprint density at radius 1 is 0.971 bits per heavy atom. The van der Waals surface area contributed by atoms with Crippen LogP contribution < -0.4 is 9.64 Å². The number of thiazole rings is 1. The zero-order valence-corrected chi connectivity index (χ0v) is 20.6. The fourth-order valence-corrected chi connectivity index (χ4v) is 5.39. The third-order valence-electron chi connectivity index (χ3n) is 6.40. The van der Waals surface area contributed by atoms with Crippen LogP contribution >= 0.6 is 11.3 Å². The molecule has 1 N–H and O–H groups in total. The van der Waals surface area contributed by atoms with E-state index in [0.29, 0.717) is 22.0 Å². The number of hydrogen-bond acceptors (Lipinski definition) is 6. The summed E-state index contributed by atoms with van der Waals surface area (Å²) in [6.45, 7) is 5.91. The Bertz CT molecular complexity index is 1520. The smallest absolute Gasteiger partial charge is 0.301 e. The van der Waals surface area contributed by atoms with E-state index in [4.69, 9.17) is 4.74 Å². The van der Waals surface area contributed by atoms with E-state index in [1.54, 1.807) is 37.4 Å². The molecule has 3 aromatic carbocycles. The van der Waals surface area contributed by atoms with Crippen LogP contribution in [0.3, 0.4) is 0 Å². The zero-order chi connectivity index (χ0) is 24.9. The van der Waals surface area contributed by atoms with E-state index < -0.39 is 17.7 Å². The normalized spacial score (nSPS) is 17.4. The lowest BCUT2D eigenvalue weighted by atomic mass is 9.94. The van der Waals surface area contributed by atoms with Gasteiger partial charge in [0.1, 0.15) is 11.5 Å². The number of fused-ring (bicyclic) bond motifs is 1. The Hall–Kier alpha value is -3.97. The first kappa shape index (κ1) is 22.8. The fraction of sp³-hybridized carbons (Fsp3) is 0.179. The molecule has 1 unspecified atom stereocenters. The second-order valence-corrected chi connectivity index (χ2v) is 9.72. The number of hydrogen-bond donors (Lipinski definition) is 1. The summed E-state index contributed by atoms with van der Waals surface area (Å²) in [5, 5.41) is 11.7. The maximum absolute atomic E-state index is 13.4. The lowest BCUT2D eigenvalue weighted by Crippen LogP contribution is -2.29. The van der Waals surface area contributed by atoms with Crippen LogP contribution in [0.15, 0.2) is 66.2 Å². The average molecular weight is 485 g/mol. The number of ether oxygens (including phenoxy) is 1. The molecule has 1 fully saturated rings. The van der Waals surface area contributed by atoms with Crippen molar-refractivity contribution in [3.63, 3.8) is 0 Å². The molecule has 0 saturated carbocycles. The third-order valence-corrected chi connectivity index (χ3v) is 7.41. The van der Waals surface area contributed by atoms with Gasteiger partial charge in [-0.15, -0.1) is 0 Å². The summed E-state index contributed by atoms with van der Waals surface area (Å²) in [4.78, 5) is 32.8. The third kappa shape index (κ3) is 3.88. The predicted octanol–water partition coefficient (Wildman–Crippen LogP) is 5.86. The molecule has 1 aliphatic rings. The van der Waals surface area contributed by atoms with Gasteiger partial charge in [-0.05, 0) is 73.4 Å². The molecule has 35 heavy (non-hydrogen) atoms. The van der Waals surface area contributed by atoms with Gasteiger partial charge in [0.15, 0.2) is 5.13 Å². The van der Waals surface area contributed by atoms with Crippen molar-refractivity contribution < 1.29 is 19.4 Å². The van der Waals surface area contributed by atoms with Crippen LogP contribution in [0.25, 0.3) is 16.0 Å². The summed E-state index contributed by atoms with van der Waals surface area (Å²) in [5.41, 5.74) is 5.08. The van der Waals surface area contributed by atoms with Gasteiger partial charge < -0.3 is 9.84 Å². The predicted molar refractivity (Wildman–Crippen MR) is 138 cm³/mol. The van der Waals surface area contributed by atoms with E-state index in [1.807, 2.05) is 51.1 Å². The second kappa shape index (κ2) is 8.67. The molecule has 0 radical (unpaired) electrons. The van der Waals surface area contributed by atoms with Gasteiger partial charge in [0.05, 0.1) is 28.9 Å². The number of aromatic nitrogens is 1. The minimum absolute atomic E-state index is 0.0406. The van der Waals surface area contributed by atoms with Crippen LogP contribution in [0.4, 0.5) is 5.13 Å². The number of aliphatic hydroxyl groups is 1. The highest BCUT2D eigenvalue weighted by Gasteiger charge is 2.48. The number of aryl methyl sites for hydroxylation is 3. The fourth-order valence-electron chi connectivity index (χ4n) is 4.30. The molecule has 0 aliphatic carbocycles. The molecule has 0 spiro atoms. The van der Waals surface area contributed by atoms with Gasteiger partial charge in [0.2, 0.25) is 0 Å². The number of aliphatic hydroxyl groups excluding tert-OH is 1. The van der Waals surface area contributed by atoms with Crippen molar-refractivity contribution in [2.45, 2.75) is 26.8 Å². The molecule has 0 bridgehead atoms. The van der Waals surface area contributed by atoms with Crippen LogP contribution in [0.1, 0.15) is 33.9 Å². The van der Waals surface area contributed by atoms with E-state index in [0.717, 1.165) is 26.9 Å². The first-order chi connectivity index (χ1) is 16.8.